The standard InChI is InChI=1S/C10H12ClNO2/c1-7(2)10(13)14-12-9-5-3-4-8(11)6-9/h3-7,12H,1-2H3. The molecule has 4 heteroatoms. The molecule has 0 heterocycles. The van der Waals surface area contributed by atoms with Crippen molar-refractivity contribution in [2.75, 3.05) is 5.48 Å². The lowest BCUT2D eigenvalue weighted by Gasteiger charge is -2.08. The Morgan fingerprint density at radius 2 is 2.21 bits per heavy atom. The molecule has 14 heavy (non-hydrogen) atoms. The van der Waals surface area contributed by atoms with E-state index in [4.69, 9.17) is 16.4 Å². The summed E-state index contributed by atoms with van der Waals surface area (Å²) in [6.45, 7) is 3.53. The van der Waals surface area contributed by atoms with Crippen LogP contribution in [0.3, 0.4) is 0 Å². The van der Waals surface area contributed by atoms with Gasteiger partial charge < -0.3 is 4.84 Å². The van der Waals surface area contributed by atoms with Gasteiger partial charge in [0.25, 0.3) is 0 Å². The van der Waals surface area contributed by atoms with Gasteiger partial charge in [0.2, 0.25) is 0 Å². The van der Waals surface area contributed by atoms with Crippen LogP contribution in [0.4, 0.5) is 5.69 Å². The minimum atomic E-state index is -0.301. The van der Waals surface area contributed by atoms with Crippen molar-refractivity contribution in [1.82, 2.24) is 0 Å². The SMILES string of the molecule is CC(C)C(=O)ONc1cccc(Cl)c1. The van der Waals surface area contributed by atoms with Crippen LogP contribution in [0.2, 0.25) is 5.02 Å². The zero-order valence-electron chi connectivity index (χ0n) is 8.08. The summed E-state index contributed by atoms with van der Waals surface area (Å²) in [6.07, 6.45) is 0. The predicted molar refractivity (Wildman–Crippen MR) is 56.0 cm³/mol. The van der Waals surface area contributed by atoms with Crippen molar-refractivity contribution in [2.45, 2.75) is 13.8 Å². The summed E-state index contributed by atoms with van der Waals surface area (Å²) in [5, 5.41) is 0.593. The number of hydrogen-bond acceptors (Lipinski definition) is 3. The lowest BCUT2D eigenvalue weighted by Crippen LogP contribution is -2.15. The van der Waals surface area contributed by atoms with Gasteiger partial charge in [-0.05, 0) is 18.2 Å². The Kier molecular flexibility index (Phi) is 3.77. The molecule has 1 aromatic rings. The van der Waals surface area contributed by atoms with Crippen molar-refractivity contribution in [1.29, 1.82) is 0 Å². The third-order valence-electron chi connectivity index (χ3n) is 1.57. The van der Waals surface area contributed by atoms with Gasteiger partial charge in [0.05, 0.1) is 11.6 Å². The van der Waals surface area contributed by atoms with Crippen molar-refractivity contribution >= 4 is 23.3 Å². The monoisotopic (exact) mass is 213 g/mol. The highest BCUT2D eigenvalue weighted by atomic mass is 35.5. The molecule has 0 aliphatic rings. The third kappa shape index (κ3) is 3.26. The molecule has 1 aromatic carbocycles. The van der Waals surface area contributed by atoms with Crippen LogP contribution in [-0.4, -0.2) is 5.97 Å². The second-order valence-electron chi connectivity index (χ2n) is 3.19. The number of rotatable bonds is 3. The fourth-order valence-electron chi connectivity index (χ4n) is 0.779. The van der Waals surface area contributed by atoms with Crippen LogP contribution in [0.5, 0.6) is 0 Å². The molecular formula is C10H12ClNO2. The van der Waals surface area contributed by atoms with Gasteiger partial charge >= 0.3 is 5.97 Å². The smallest absolute Gasteiger partial charge is 0.334 e. The molecule has 76 valence electrons. The third-order valence-corrected chi connectivity index (χ3v) is 1.80. The van der Waals surface area contributed by atoms with Crippen LogP contribution in [0.1, 0.15) is 13.8 Å². The first-order valence-corrected chi connectivity index (χ1v) is 4.69. The molecule has 0 bridgehead atoms. The largest absolute Gasteiger partial charge is 0.343 e. The van der Waals surface area contributed by atoms with E-state index >= 15 is 0 Å². The summed E-state index contributed by atoms with van der Waals surface area (Å²) >= 11 is 5.74. The van der Waals surface area contributed by atoms with Gasteiger partial charge in [-0.15, -0.1) is 0 Å². The fourth-order valence-corrected chi connectivity index (χ4v) is 0.969. The second kappa shape index (κ2) is 4.86. The van der Waals surface area contributed by atoms with E-state index in [2.05, 4.69) is 5.48 Å². The average molecular weight is 214 g/mol. The summed E-state index contributed by atoms with van der Waals surface area (Å²) in [4.78, 5) is 15.9. The van der Waals surface area contributed by atoms with Crippen LogP contribution >= 0.6 is 11.6 Å². The summed E-state index contributed by atoms with van der Waals surface area (Å²) in [7, 11) is 0. The second-order valence-corrected chi connectivity index (χ2v) is 3.62. The normalized spacial score (nSPS) is 10.0. The highest BCUT2D eigenvalue weighted by Gasteiger charge is 2.08. The van der Waals surface area contributed by atoms with Gasteiger partial charge in [0.1, 0.15) is 0 Å². The molecule has 0 amide bonds. The van der Waals surface area contributed by atoms with Crippen molar-refractivity contribution in [3.8, 4) is 0 Å². The van der Waals surface area contributed by atoms with E-state index < -0.39 is 0 Å². The molecule has 0 aliphatic carbocycles. The topological polar surface area (TPSA) is 38.3 Å². The maximum atomic E-state index is 11.1. The summed E-state index contributed by atoms with van der Waals surface area (Å²) in [6, 6.07) is 6.96. The first-order valence-electron chi connectivity index (χ1n) is 4.32. The fraction of sp³-hybridized carbons (Fsp3) is 0.300. The molecule has 3 nitrogen and oxygen atoms in total. The molecule has 0 unspecified atom stereocenters. The molecule has 0 radical (unpaired) electrons. The number of anilines is 1. The molecule has 1 rings (SSSR count). The molecule has 1 N–H and O–H groups in total. The van der Waals surface area contributed by atoms with Crippen molar-refractivity contribution in [2.24, 2.45) is 5.92 Å². The van der Waals surface area contributed by atoms with Crippen LogP contribution in [0.15, 0.2) is 24.3 Å². The zero-order valence-corrected chi connectivity index (χ0v) is 8.84. The Hall–Kier alpha value is -1.22. The molecular weight excluding hydrogens is 202 g/mol. The first-order chi connectivity index (χ1) is 6.59. The molecule has 0 aromatic heterocycles. The number of hydrogen-bond donors (Lipinski definition) is 1. The van der Waals surface area contributed by atoms with E-state index in [1.165, 1.54) is 0 Å². The number of nitrogens with one attached hydrogen (secondary N) is 1. The van der Waals surface area contributed by atoms with E-state index in [0.29, 0.717) is 10.7 Å². The Balaban J connectivity index is 2.50. The number of carbonyl (C=O) groups excluding carboxylic acids is 1. The predicted octanol–water partition coefficient (Wildman–Crippen LogP) is 2.87. The number of halogens is 1. The zero-order chi connectivity index (χ0) is 10.6. The Bertz CT molecular complexity index is 326. The minimum Gasteiger partial charge on any atom is -0.343 e. The van der Waals surface area contributed by atoms with Gasteiger partial charge in [-0.3, -0.25) is 0 Å². The minimum absolute atomic E-state index is 0.151. The first kappa shape index (κ1) is 10.9. The van der Waals surface area contributed by atoms with Crippen LogP contribution in [0.25, 0.3) is 0 Å². The van der Waals surface area contributed by atoms with Gasteiger partial charge in [0.15, 0.2) is 0 Å². The summed E-state index contributed by atoms with van der Waals surface area (Å²) in [5.41, 5.74) is 3.19. The molecule has 0 spiro atoms. The van der Waals surface area contributed by atoms with Gasteiger partial charge in [-0.1, -0.05) is 31.5 Å². The van der Waals surface area contributed by atoms with Gasteiger partial charge in [-0.2, -0.15) is 0 Å². The van der Waals surface area contributed by atoms with Crippen molar-refractivity contribution < 1.29 is 9.63 Å². The molecule has 0 aliphatic heterocycles. The van der Waals surface area contributed by atoms with Crippen LogP contribution < -0.4 is 5.48 Å². The highest BCUT2D eigenvalue weighted by molar-refractivity contribution is 6.30. The van der Waals surface area contributed by atoms with Gasteiger partial charge in [0, 0.05) is 5.02 Å². The quantitative estimate of drug-likeness (QED) is 0.785. The van der Waals surface area contributed by atoms with E-state index in [9.17, 15) is 4.79 Å². The highest BCUT2D eigenvalue weighted by Crippen LogP contribution is 2.14. The van der Waals surface area contributed by atoms with E-state index in [0.717, 1.165) is 0 Å². The summed E-state index contributed by atoms with van der Waals surface area (Å²) < 4.78 is 0. The van der Waals surface area contributed by atoms with Crippen molar-refractivity contribution in [3.05, 3.63) is 29.3 Å². The van der Waals surface area contributed by atoms with Gasteiger partial charge in [-0.25, -0.2) is 10.3 Å². The Morgan fingerprint density at radius 3 is 2.79 bits per heavy atom. The van der Waals surface area contributed by atoms with E-state index in [1.54, 1.807) is 38.1 Å². The van der Waals surface area contributed by atoms with Crippen LogP contribution in [0, 0.1) is 5.92 Å². The van der Waals surface area contributed by atoms with E-state index in [1.807, 2.05) is 0 Å². The Morgan fingerprint density at radius 1 is 1.50 bits per heavy atom. The molecule has 0 saturated heterocycles. The van der Waals surface area contributed by atoms with E-state index in [-0.39, 0.29) is 11.9 Å². The lowest BCUT2D eigenvalue weighted by molar-refractivity contribution is -0.144. The Labute approximate surface area is 88.0 Å². The average Bonchev–Trinajstić information content (AvgIpc) is 2.14. The summed E-state index contributed by atoms with van der Waals surface area (Å²) in [5.74, 6) is -0.452. The lowest BCUT2D eigenvalue weighted by atomic mass is 10.2. The van der Waals surface area contributed by atoms with Crippen molar-refractivity contribution in [3.63, 3.8) is 0 Å². The molecule has 0 atom stereocenters. The number of carbonyl (C=O) groups is 1. The maximum absolute atomic E-state index is 11.1. The maximum Gasteiger partial charge on any atom is 0.334 e. The molecule has 0 saturated carbocycles. The van der Waals surface area contributed by atoms with Crippen LogP contribution in [-0.2, 0) is 9.63 Å². The number of benzene rings is 1. The molecule has 0 fully saturated rings.